The topological polar surface area (TPSA) is 49.4 Å². The summed E-state index contributed by atoms with van der Waals surface area (Å²) in [7, 11) is 0. The van der Waals surface area contributed by atoms with Crippen molar-refractivity contribution in [3.05, 3.63) is 71.3 Å². The minimum atomic E-state index is 0.0259. The van der Waals surface area contributed by atoms with Gasteiger partial charge < -0.3 is 10.2 Å². The Bertz CT molecular complexity index is 740. The molecule has 0 aromatic heterocycles. The molecule has 0 radical (unpaired) electrons. The third-order valence-corrected chi connectivity index (χ3v) is 5.00. The van der Waals surface area contributed by atoms with E-state index in [1.165, 1.54) is 5.56 Å². The van der Waals surface area contributed by atoms with Crippen LogP contribution in [0.1, 0.15) is 47.3 Å². The van der Waals surface area contributed by atoms with Gasteiger partial charge in [0.05, 0.1) is 6.04 Å². The van der Waals surface area contributed by atoms with Gasteiger partial charge in [0, 0.05) is 38.0 Å². The SMILES string of the molecule is CCc1ccc(C2CNCCN2C(=O)CCC(=O)c2ccccc2)cc1. The number of rotatable bonds is 6. The Morgan fingerprint density at radius 3 is 2.46 bits per heavy atom. The van der Waals surface area contributed by atoms with Crippen molar-refractivity contribution in [3.8, 4) is 0 Å². The number of nitrogens with one attached hydrogen (secondary N) is 1. The van der Waals surface area contributed by atoms with Crippen LogP contribution in [0.3, 0.4) is 0 Å². The molecule has 3 rings (SSSR count). The quantitative estimate of drug-likeness (QED) is 0.813. The first-order valence-corrected chi connectivity index (χ1v) is 9.36. The molecule has 1 heterocycles. The molecule has 2 aromatic carbocycles. The van der Waals surface area contributed by atoms with Gasteiger partial charge in [0.15, 0.2) is 5.78 Å². The van der Waals surface area contributed by atoms with Crippen LogP contribution in [0.5, 0.6) is 0 Å². The molecule has 1 atom stereocenters. The number of amides is 1. The van der Waals surface area contributed by atoms with Crippen molar-refractivity contribution in [2.45, 2.75) is 32.2 Å². The Morgan fingerprint density at radius 2 is 1.77 bits per heavy atom. The Kier molecular flexibility index (Phi) is 6.18. The third-order valence-electron chi connectivity index (χ3n) is 5.00. The summed E-state index contributed by atoms with van der Waals surface area (Å²) in [4.78, 5) is 27.0. The largest absolute Gasteiger partial charge is 0.333 e. The number of piperazine rings is 1. The Morgan fingerprint density at radius 1 is 1.04 bits per heavy atom. The van der Waals surface area contributed by atoms with Gasteiger partial charge >= 0.3 is 0 Å². The van der Waals surface area contributed by atoms with Crippen molar-refractivity contribution in [2.24, 2.45) is 0 Å². The maximum absolute atomic E-state index is 12.8. The molecule has 4 nitrogen and oxygen atoms in total. The number of aryl methyl sites for hydroxylation is 1. The van der Waals surface area contributed by atoms with Crippen molar-refractivity contribution < 1.29 is 9.59 Å². The van der Waals surface area contributed by atoms with E-state index in [-0.39, 0.29) is 30.6 Å². The van der Waals surface area contributed by atoms with Gasteiger partial charge in [-0.15, -0.1) is 0 Å². The van der Waals surface area contributed by atoms with Crippen molar-refractivity contribution in [2.75, 3.05) is 19.6 Å². The van der Waals surface area contributed by atoms with Crippen molar-refractivity contribution >= 4 is 11.7 Å². The van der Waals surface area contributed by atoms with Crippen LogP contribution in [0.25, 0.3) is 0 Å². The zero-order valence-electron chi connectivity index (χ0n) is 15.3. The smallest absolute Gasteiger partial charge is 0.223 e. The summed E-state index contributed by atoms with van der Waals surface area (Å²) in [6, 6.07) is 17.7. The van der Waals surface area contributed by atoms with Crippen LogP contribution >= 0.6 is 0 Å². The normalized spacial score (nSPS) is 17.1. The maximum atomic E-state index is 12.8. The number of ketones is 1. The van der Waals surface area contributed by atoms with E-state index in [1.807, 2.05) is 23.1 Å². The highest BCUT2D eigenvalue weighted by atomic mass is 16.2. The lowest BCUT2D eigenvalue weighted by Crippen LogP contribution is -2.48. The first-order valence-electron chi connectivity index (χ1n) is 9.36. The molecule has 1 aliphatic rings. The molecule has 0 bridgehead atoms. The third kappa shape index (κ3) is 4.38. The molecule has 2 aromatic rings. The number of carbonyl (C=O) groups excluding carboxylic acids is 2. The molecule has 4 heteroatoms. The van der Waals surface area contributed by atoms with E-state index < -0.39 is 0 Å². The van der Waals surface area contributed by atoms with Crippen LogP contribution in [0.15, 0.2) is 54.6 Å². The molecule has 1 fully saturated rings. The summed E-state index contributed by atoms with van der Waals surface area (Å²) in [5.41, 5.74) is 3.12. The number of nitrogens with zero attached hydrogens (tertiary/aromatic N) is 1. The van der Waals surface area contributed by atoms with Crippen LogP contribution in [-0.4, -0.2) is 36.2 Å². The Hall–Kier alpha value is -2.46. The standard InChI is InChI=1S/C22H26N2O2/c1-2-17-8-10-18(11-9-17)20-16-23-14-15-24(20)22(26)13-12-21(25)19-6-4-3-5-7-19/h3-11,20,23H,2,12-16H2,1H3. The predicted molar refractivity (Wildman–Crippen MR) is 103 cm³/mol. The molecule has 136 valence electrons. The second kappa shape index (κ2) is 8.77. The first-order chi connectivity index (χ1) is 12.7. The van der Waals surface area contributed by atoms with Gasteiger partial charge in [-0.3, -0.25) is 9.59 Å². The van der Waals surface area contributed by atoms with E-state index in [9.17, 15) is 9.59 Å². The maximum Gasteiger partial charge on any atom is 0.223 e. The van der Waals surface area contributed by atoms with E-state index in [2.05, 4.69) is 36.5 Å². The number of benzene rings is 2. The average molecular weight is 350 g/mol. The fraction of sp³-hybridized carbons (Fsp3) is 0.364. The number of Topliss-reactive ketones (excluding diaryl/α,β-unsaturated/α-hetero) is 1. The van der Waals surface area contributed by atoms with Gasteiger partial charge in [-0.25, -0.2) is 0 Å². The zero-order valence-corrected chi connectivity index (χ0v) is 15.3. The lowest BCUT2D eigenvalue weighted by molar-refractivity contribution is -0.134. The first kappa shape index (κ1) is 18.3. The molecular weight excluding hydrogens is 324 g/mol. The van der Waals surface area contributed by atoms with E-state index in [0.29, 0.717) is 12.1 Å². The van der Waals surface area contributed by atoms with Crippen molar-refractivity contribution in [1.82, 2.24) is 10.2 Å². The minimum Gasteiger partial charge on any atom is -0.333 e. The van der Waals surface area contributed by atoms with Crippen LogP contribution in [0, 0.1) is 0 Å². The fourth-order valence-corrected chi connectivity index (χ4v) is 3.41. The van der Waals surface area contributed by atoms with Crippen LogP contribution in [0.4, 0.5) is 0 Å². The Balaban J connectivity index is 1.64. The van der Waals surface area contributed by atoms with Gasteiger partial charge in [0.2, 0.25) is 5.91 Å². The molecule has 1 amide bonds. The molecule has 26 heavy (non-hydrogen) atoms. The molecule has 0 saturated carbocycles. The van der Waals surface area contributed by atoms with Gasteiger partial charge in [-0.2, -0.15) is 0 Å². The van der Waals surface area contributed by atoms with E-state index in [1.54, 1.807) is 12.1 Å². The molecule has 1 saturated heterocycles. The zero-order chi connectivity index (χ0) is 18.4. The van der Waals surface area contributed by atoms with E-state index in [0.717, 1.165) is 25.1 Å². The van der Waals surface area contributed by atoms with Crippen molar-refractivity contribution in [1.29, 1.82) is 0 Å². The number of hydrogen-bond donors (Lipinski definition) is 1. The van der Waals surface area contributed by atoms with Gasteiger partial charge in [-0.1, -0.05) is 61.5 Å². The highest BCUT2D eigenvalue weighted by Crippen LogP contribution is 2.24. The average Bonchev–Trinajstić information content (AvgIpc) is 2.72. The monoisotopic (exact) mass is 350 g/mol. The highest BCUT2D eigenvalue weighted by molar-refractivity contribution is 5.97. The number of carbonyl (C=O) groups is 2. The molecule has 1 N–H and O–H groups in total. The summed E-state index contributed by atoms with van der Waals surface area (Å²) in [5, 5.41) is 3.38. The van der Waals surface area contributed by atoms with Crippen LogP contribution < -0.4 is 5.32 Å². The lowest BCUT2D eigenvalue weighted by atomic mass is 10.00. The van der Waals surface area contributed by atoms with Gasteiger partial charge in [0.1, 0.15) is 0 Å². The molecule has 1 unspecified atom stereocenters. The highest BCUT2D eigenvalue weighted by Gasteiger charge is 2.27. The van der Waals surface area contributed by atoms with E-state index in [4.69, 9.17) is 0 Å². The summed E-state index contributed by atoms with van der Waals surface area (Å²) in [5.74, 6) is 0.0817. The summed E-state index contributed by atoms with van der Waals surface area (Å²) < 4.78 is 0. The minimum absolute atomic E-state index is 0.0259. The Labute approximate surface area is 155 Å². The molecule has 1 aliphatic heterocycles. The fourth-order valence-electron chi connectivity index (χ4n) is 3.41. The second-order valence-electron chi connectivity index (χ2n) is 6.69. The molecule has 0 spiro atoms. The van der Waals surface area contributed by atoms with E-state index >= 15 is 0 Å². The van der Waals surface area contributed by atoms with Crippen LogP contribution in [-0.2, 0) is 11.2 Å². The van der Waals surface area contributed by atoms with Gasteiger partial charge in [0.25, 0.3) is 0 Å². The summed E-state index contributed by atoms with van der Waals surface area (Å²) >= 11 is 0. The number of hydrogen-bond acceptors (Lipinski definition) is 3. The molecule has 0 aliphatic carbocycles. The second-order valence-corrected chi connectivity index (χ2v) is 6.69. The predicted octanol–water partition coefficient (Wildman–Crippen LogP) is 3.39. The molecular formula is C22H26N2O2. The van der Waals surface area contributed by atoms with Crippen molar-refractivity contribution in [3.63, 3.8) is 0 Å². The van der Waals surface area contributed by atoms with Crippen LogP contribution in [0.2, 0.25) is 0 Å². The van der Waals surface area contributed by atoms with Gasteiger partial charge in [-0.05, 0) is 17.5 Å². The summed E-state index contributed by atoms with van der Waals surface area (Å²) in [6.07, 6.45) is 1.53. The summed E-state index contributed by atoms with van der Waals surface area (Å²) in [6.45, 7) is 4.36. The lowest BCUT2D eigenvalue weighted by Gasteiger charge is -2.36.